The monoisotopic (exact) mass is 286 g/mol. The first-order chi connectivity index (χ1) is 9.45. The van der Waals surface area contributed by atoms with Crippen LogP contribution in [0.2, 0.25) is 0 Å². The quantitative estimate of drug-likeness (QED) is 0.776. The molecule has 1 fully saturated rings. The number of aliphatic carboxylic acids is 1. The maximum absolute atomic E-state index is 12.2. The first kappa shape index (κ1) is 16.8. The highest BCUT2D eigenvalue weighted by Crippen LogP contribution is 2.29. The van der Waals surface area contributed by atoms with Crippen molar-refractivity contribution in [2.45, 2.75) is 39.2 Å². The Hall–Kier alpha value is -1.30. The molecule has 0 spiro atoms. The van der Waals surface area contributed by atoms with Gasteiger partial charge in [0, 0.05) is 19.7 Å². The average molecular weight is 286 g/mol. The summed E-state index contributed by atoms with van der Waals surface area (Å²) in [5.41, 5.74) is 0. The van der Waals surface area contributed by atoms with E-state index in [0.29, 0.717) is 18.4 Å². The summed E-state index contributed by atoms with van der Waals surface area (Å²) in [6, 6.07) is -0.180. The molecule has 0 bridgehead atoms. The number of methoxy groups -OCH3 is 1. The van der Waals surface area contributed by atoms with E-state index in [2.05, 4.69) is 19.2 Å². The number of urea groups is 1. The molecule has 0 aromatic heterocycles. The number of ether oxygens (including phenoxy) is 1. The maximum atomic E-state index is 12.2. The van der Waals surface area contributed by atoms with E-state index in [-0.39, 0.29) is 25.2 Å². The molecule has 0 aliphatic heterocycles. The molecular weight excluding hydrogens is 260 g/mol. The number of carboxylic acid groups (broad SMARTS) is 1. The lowest BCUT2D eigenvalue weighted by molar-refractivity contribution is -0.137. The van der Waals surface area contributed by atoms with Crippen LogP contribution >= 0.6 is 0 Å². The molecule has 0 aromatic carbocycles. The second-order valence-electron chi connectivity index (χ2n) is 5.63. The summed E-state index contributed by atoms with van der Waals surface area (Å²) in [6.45, 7) is 4.66. The van der Waals surface area contributed by atoms with Crippen LogP contribution < -0.4 is 5.32 Å². The Bertz CT molecular complexity index is 335. The van der Waals surface area contributed by atoms with E-state index in [0.717, 1.165) is 12.8 Å². The molecule has 0 saturated heterocycles. The maximum Gasteiger partial charge on any atom is 0.323 e. The number of nitrogens with zero attached hydrogens (tertiary/aromatic N) is 1. The molecular formula is C14H26N2O4. The van der Waals surface area contributed by atoms with Gasteiger partial charge in [-0.05, 0) is 18.3 Å². The average Bonchev–Trinajstić information content (AvgIpc) is 2.39. The van der Waals surface area contributed by atoms with Crippen molar-refractivity contribution in [3.05, 3.63) is 0 Å². The summed E-state index contributed by atoms with van der Waals surface area (Å²) in [7, 11) is 1.53. The largest absolute Gasteiger partial charge is 0.480 e. The van der Waals surface area contributed by atoms with Crippen molar-refractivity contribution in [1.82, 2.24) is 10.2 Å². The highest BCUT2D eigenvalue weighted by Gasteiger charge is 2.29. The number of hydrogen-bond donors (Lipinski definition) is 2. The third-order valence-electron chi connectivity index (χ3n) is 4.19. The second-order valence-corrected chi connectivity index (χ2v) is 5.63. The third-order valence-corrected chi connectivity index (χ3v) is 4.19. The summed E-state index contributed by atoms with van der Waals surface area (Å²) in [4.78, 5) is 24.3. The lowest BCUT2D eigenvalue weighted by atomic mass is 9.78. The molecule has 2 N–H and O–H groups in total. The first-order valence-corrected chi connectivity index (χ1v) is 7.21. The van der Waals surface area contributed by atoms with Crippen LogP contribution in [0.4, 0.5) is 4.79 Å². The molecule has 6 heteroatoms. The zero-order valence-corrected chi connectivity index (χ0v) is 12.6. The zero-order chi connectivity index (χ0) is 15.1. The van der Waals surface area contributed by atoms with Crippen LogP contribution in [0.5, 0.6) is 0 Å². The molecule has 1 rings (SSSR count). The highest BCUT2D eigenvalue weighted by molar-refractivity contribution is 5.80. The van der Waals surface area contributed by atoms with E-state index in [1.54, 1.807) is 0 Å². The Labute approximate surface area is 120 Å². The number of amides is 2. The smallest absolute Gasteiger partial charge is 0.323 e. The standard InChI is InChI=1S/C14H26N2O4/c1-10-5-4-6-12(11(10)2)15-14(19)16(7-8-20-3)9-13(17)18/h10-12H,4-9H2,1-3H3,(H,15,19)(H,17,18). The van der Waals surface area contributed by atoms with Gasteiger partial charge >= 0.3 is 12.0 Å². The highest BCUT2D eigenvalue weighted by atomic mass is 16.5. The third kappa shape index (κ3) is 5.00. The Balaban J connectivity index is 2.57. The van der Waals surface area contributed by atoms with E-state index in [1.165, 1.54) is 18.4 Å². The topological polar surface area (TPSA) is 78.9 Å². The fourth-order valence-electron chi connectivity index (χ4n) is 2.65. The van der Waals surface area contributed by atoms with E-state index >= 15 is 0 Å². The Morgan fingerprint density at radius 1 is 1.35 bits per heavy atom. The molecule has 0 aromatic rings. The van der Waals surface area contributed by atoms with Crippen molar-refractivity contribution >= 4 is 12.0 Å². The minimum atomic E-state index is -1.01. The fraction of sp³-hybridized carbons (Fsp3) is 0.857. The minimum Gasteiger partial charge on any atom is -0.480 e. The van der Waals surface area contributed by atoms with Gasteiger partial charge in [-0.15, -0.1) is 0 Å². The van der Waals surface area contributed by atoms with Crippen molar-refractivity contribution in [3.8, 4) is 0 Å². The van der Waals surface area contributed by atoms with Gasteiger partial charge in [-0.3, -0.25) is 4.79 Å². The number of carbonyl (C=O) groups is 2. The van der Waals surface area contributed by atoms with E-state index in [4.69, 9.17) is 9.84 Å². The summed E-state index contributed by atoms with van der Waals surface area (Å²) in [5.74, 6) is -0.0101. The summed E-state index contributed by atoms with van der Waals surface area (Å²) in [5, 5.41) is 11.9. The summed E-state index contributed by atoms with van der Waals surface area (Å²) < 4.78 is 4.92. The molecule has 0 heterocycles. The predicted octanol–water partition coefficient (Wildman–Crippen LogP) is 1.55. The molecule has 1 aliphatic carbocycles. The van der Waals surface area contributed by atoms with Crippen LogP contribution in [0.3, 0.4) is 0 Å². The molecule has 1 aliphatic rings. The number of carbonyl (C=O) groups excluding carboxylic acids is 1. The van der Waals surface area contributed by atoms with E-state index < -0.39 is 5.97 Å². The number of hydrogen-bond acceptors (Lipinski definition) is 3. The van der Waals surface area contributed by atoms with Gasteiger partial charge in [0.25, 0.3) is 0 Å². The van der Waals surface area contributed by atoms with Crippen LogP contribution in [-0.2, 0) is 9.53 Å². The number of rotatable bonds is 6. The lowest BCUT2D eigenvalue weighted by Crippen LogP contribution is -2.51. The second kappa shape index (κ2) is 8.09. The Morgan fingerprint density at radius 3 is 2.65 bits per heavy atom. The van der Waals surface area contributed by atoms with Crippen LogP contribution in [0.1, 0.15) is 33.1 Å². The van der Waals surface area contributed by atoms with Gasteiger partial charge in [0.05, 0.1) is 6.61 Å². The van der Waals surface area contributed by atoms with Gasteiger partial charge in [-0.25, -0.2) is 4.79 Å². The number of carboxylic acids is 1. The zero-order valence-electron chi connectivity index (χ0n) is 12.6. The number of nitrogens with one attached hydrogen (secondary N) is 1. The van der Waals surface area contributed by atoms with Crippen LogP contribution in [-0.4, -0.2) is 54.9 Å². The van der Waals surface area contributed by atoms with Crippen LogP contribution in [0, 0.1) is 11.8 Å². The van der Waals surface area contributed by atoms with Gasteiger partial charge in [0.15, 0.2) is 0 Å². The van der Waals surface area contributed by atoms with Crippen molar-refractivity contribution in [3.63, 3.8) is 0 Å². The van der Waals surface area contributed by atoms with Gasteiger partial charge < -0.3 is 20.1 Å². The molecule has 3 unspecified atom stereocenters. The Morgan fingerprint density at radius 2 is 2.05 bits per heavy atom. The van der Waals surface area contributed by atoms with E-state index in [9.17, 15) is 9.59 Å². The van der Waals surface area contributed by atoms with Gasteiger partial charge in [0.2, 0.25) is 0 Å². The van der Waals surface area contributed by atoms with Crippen molar-refractivity contribution in [2.24, 2.45) is 11.8 Å². The van der Waals surface area contributed by atoms with Gasteiger partial charge in [-0.2, -0.15) is 0 Å². The lowest BCUT2D eigenvalue weighted by Gasteiger charge is -2.35. The first-order valence-electron chi connectivity index (χ1n) is 7.21. The van der Waals surface area contributed by atoms with Crippen molar-refractivity contribution in [1.29, 1.82) is 0 Å². The summed E-state index contributed by atoms with van der Waals surface area (Å²) >= 11 is 0. The van der Waals surface area contributed by atoms with Gasteiger partial charge in [0.1, 0.15) is 6.54 Å². The van der Waals surface area contributed by atoms with Crippen molar-refractivity contribution in [2.75, 3.05) is 26.8 Å². The molecule has 2 amide bonds. The van der Waals surface area contributed by atoms with Crippen LogP contribution in [0.15, 0.2) is 0 Å². The van der Waals surface area contributed by atoms with Gasteiger partial charge in [-0.1, -0.05) is 26.7 Å². The molecule has 0 radical (unpaired) electrons. The fourth-order valence-corrected chi connectivity index (χ4v) is 2.65. The Kier molecular flexibility index (Phi) is 6.78. The summed E-state index contributed by atoms with van der Waals surface area (Å²) in [6.07, 6.45) is 3.26. The molecule has 1 saturated carbocycles. The van der Waals surface area contributed by atoms with E-state index in [1.807, 2.05) is 0 Å². The SMILES string of the molecule is COCCN(CC(=O)O)C(=O)NC1CCCC(C)C1C. The van der Waals surface area contributed by atoms with Crippen molar-refractivity contribution < 1.29 is 19.4 Å². The molecule has 3 atom stereocenters. The molecule has 116 valence electrons. The normalized spacial score (nSPS) is 26.1. The minimum absolute atomic E-state index is 0.130. The predicted molar refractivity (Wildman–Crippen MR) is 75.6 cm³/mol. The van der Waals surface area contributed by atoms with Crippen LogP contribution in [0.25, 0.3) is 0 Å². The molecule has 6 nitrogen and oxygen atoms in total. The molecule has 20 heavy (non-hydrogen) atoms.